The second-order valence-corrected chi connectivity index (χ2v) is 4.48. The highest BCUT2D eigenvalue weighted by molar-refractivity contribution is 5.90. The molecule has 0 spiro atoms. The van der Waals surface area contributed by atoms with E-state index >= 15 is 0 Å². The fraction of sp³-hybridized carbons (Fsp3) is 0.200. The number of aryl methyl sites for hydroxylation is 3. The van der Waals surface area contributed by atoms with E-state index < -0.39 is 5.97 Å². The van der Waals surface area contributed by atoms with E-state index in [1.165, 1.54) is 6.07 Å². The lowest BCUT2D eigenvalue weighted by molar-refractivity contribution is 0.0693. The van der Waals surface area contributed by atoms with Gasteiger partial charge in [0.2, 0.25) is 5.88 Å². The summed E-state index contributed by atoms with van der Waals surface area (Å²) < 4.78 is 5.65. The summed E-state index contributed by atoms with van der Waals surface area (Å²) in [4.78, 5) is 15.3. The van der Waals surface area contributed by atoms with Crippen molar-refractivity contribution in [1.82, 2.24) is 4.98 Å². The summed E-state index contributed by atoms with van der Waals surface area (Å²) in [5.41, 5.74) is 2.84. The number of nitrogens with zero attached hydrogens (tertiary/aromatic N) is 1. The molecule has 1 aromatic carbocycles. The van der Waals surface area contributed by atoms with Crippen LogP contribution >= 0.6 is 0 Å². The standard InChI is InChI=1S/C15H15NO3/c1-9-4-7-13(10(2)8-9)19-14-12(15(17)18)6-5-11(3)16-14/h4-8H,1-3H3,(H,17,18). The lowest BCUT2D eigenvalue weighted by Crippen LogP contribution is -2.03. The Morgan fingerprint density at radius 2 is 1.89 bits per heavy atom. The maximum atomic E-state index is 11.1. The number of carboxylic acids is 1. The number of carbonyl (C=O) groups is 1. The molecular formula is C15H15NO3. The van der Waals surface area contributed by atoms with Gasteiger partial charge in [-0.25, -0.2) is 9.78 Å². The highest BCUT2D eigenvalue weighted by Crippen LogP contribution is 2.27. The minimum Gasteiger partial charge on any atom is -0.477 e. The van der Waals surface area contributed by atoms with Gasteiger partial charge < -0.3 is 9.84 Å². The molecule has 2 aromatic rings. The van der Waals surface area contributed by atoms with E-state index in [-0.39, 0.29) is 11.4 Å². The second-order valence-electron chi connectivity index (χ2n) is 4.48. The third-order valence-electron chi connectivity index (χ3n) is 2.77. The molecule has 1 heterocycles. The fourth-order valence-electron chi connectivity index (χ4n) is 1.79. The summed E-state index contributed by atoms with van der Waals surface area (Å²) in [6.45, 7) is 5.70. The van der Waals surface area contributed by atoms with Crippen molar-refractivity contribution >= 4 is 5.97 Å². The molecule has 0 unspecified atom stereocenters. The van der Waals surface area contributed by atoms with Gasteiger partial charge in [0.1, 0.15) is 11.3 Å². The molecule has 0 aliphatic carbocycles. The number of aromatic carboxylic acids is 1. The normalized spacial score (nSPS) is 10.3. The Labute approximate surface area is 111 Å². The molecule has 0 aliphatic rings. The number of ether oxygens (including phenoxy) is 1. The number of hydrogen-bond acceptors (Lipinski definition) is 3. The van der Waals surface area contributed by atoms with Crippen molar-refractivity contribution < 1.29 is 14.6 Å². The van der Waals surface area contributed by atoms with Crippen molar-refractivity contribution in [1.29, 1.82) is 0 Å². The molecular weight excluding hydrogens is 242 g/mol. The Hall–Kier alpha value is -2.36. The molecule has 2 rings (SSSR count). The van der Waals surface area contributed by atoms with Crippen molar-refractivity contribution in [3.05, 3.63) is 52.7 Å². The molecule has 0 fully saturated rings. The molecule has 4 nitrogen and oxygen atoms in total. The summed E-state index contributed by atoms with van der Waals surface area (Å²) in [6, 6.07) is 8.87. The predicted octanol–water partition coefficient (Wildman–Crippen LogP) is 3.50. The van der Waals surface area contributed by atoms with Gasteiger partial charge in [-0.15, -0.1) is 0 Å². The van der Waals surface area contributed by atoms with Crippen molar-refractivity contribution in [2.24, 2.45) is 0 Å². The maximum Gasteiger partial charge on any atom is 0.341 e. The molecule has 0 bridgehead atoms. The molecule has 0 radical (unpaired) electrons. The molecule has 0 saturated heterocycles. The van der Waals surface area contributed by atoms with Crippen LogP contribution < -0.4 is 4.74 Å². The summed E-state index contributed by atoms with van der Waals surface area (Å²) in [5.74, 6) is -0.307. The first kappa shape index (κ1) is 13.1. The highest BCUT2D eigenvalue weighted by atomic mass is 16.5. The monoisotopic (exact) mass is 257 g/mol. The Balaban J connectivity index is 2.42. The van der Waals surface area contributed by atoms with E-state index in [1.54, 1.807) is 13.0 Å². The van der Waals surface area contributed by atoms with Gasteiger partial charge in [0.25, 0.3) is 0 Å². The number of rotatable bonds is 3. The van der Waals surface area contributed by atoms with Crippen LogP contribution in [0, 0.1) is 20.8 Å². The average Bonchev–Trinajstić information content (AvgIpc) is 2.32. The minimum atomic E-state index is -1.05. The van der Waals surface area contributed by atoms with Crippen molar-refractivity contribution in [2.45, 2.75) is 20.8 Å². The molecule has 0 aliphatic heterocycles. The van der Waals surface area contributed by atoms with Gasteiger partial charge >= 0.3 is 5.97 Å². The van der Waals surface area contributed by atoms with E-state index in [0.29, 0.717) is 11.4 Å². The number of benzene rings is 1. The largest absolute Gasteiger partial charge is 0.477 e. The lowest BCUT2D eigenvalue weighted by Gasteiger charge is -2.11. The van der Waals surface area contributed by atoms with Gasteiger partial charge in [0.05, 0.1) is 0 Å². The van der Waals surface area contributed by atoms with E-state index in [0.717, 1.165) is 11.1 Å². The van der Waals surface area contributed by atoms with Crippen molar-refractivity contribution in [3.8, 4) is 11.6 Å². The molecule has 1 aromatic heterocycles. The number of hydrogen-bond donors (Lipinski definition) is 1. The van der Waals surface area contributed by atoms with E-state index in [2.05, 4.69) is 4.98 Å². The van der Waals surface area contributed by atoms with Crippen LogP contribution in [0.2, 0.25) is 0 Å². The summed E-state index contributed by atoms with van der Waals surface area (Å²) >= 11 is 0. The summed E-state index contributed by atoms with van der Waals surface area (Å²) in [7, 11) is 0. The first-order valence-electron chi connectivity index (χ1n) is 5.93. The summed E-state index contributed by atoms with van der Waals surface area (Å²) in [5, 5.41) is 9.13. The van der Waals surface area contributed by atoms with E-state index in [9.17, 15) is 4.79 Å². The van der Waals surface area contributed by atoms with E-state index in [4.69, 9.17) is 9.84 Å². The quantitative estimate of drug-likeness (QED) is 0.914. The zero-order chi connectivity index (χ0) is 14.0. The van der Waals surface area contributed by atoms with Gasteiger partial charge in [0, 0.05) is 5.69 Å². The van der Waals surface area contributed by atoms with Gasteiger partial charge in [-0.1, -0.05) is 17.7 Å². The molecule has 0 saturated carbocycles. The summed E-state index contributed by atoms with van der Waals surface area (Å²) in [6.07, 6.45) is 0. The van der Waals surface area contributed by atoms with Gasteiger partial charge in [-0.3, -0.25) is 0 Å². The topological polar surface area (TPSA) is 59.4 Å². The van der Waals surface area contributed by atoms with Crippen LogP contribution in [0.5, 0.6) is 11.6 Å². The van der Waals surface area contributed by atoms with Gasteiger partial charge in [0.15, 0.2) is 0 Å². The molecule has 0 atom stereocenters. The lowest BCUT2D eigenvalue weighted by atomic mass is 10.1. The predicted molar refractivity (Wildman–Crippen MR) is 71.9 cm³/mol. The third-order valence-corrected chi connectivity index (χ3v) is 2.77. The minimum absolute atomic E-state index is 0.0607. The van der Waals surface area contributed by atoms with Crippen LogP contribution in [0.25, 0.3) is 0 Å². The van der Waals surface area contributed by atoms with Crippen LogP contribution in [0.1, 0.15) is 27.2 Å². The van der Waals surface area contributed by atoms with Crippen LogP contribution in [0.4, 0.5) is 0 Å². The van der Waals surface area contributed by atoms with Crippen LogP contribution in [-0.2, 0) is 0 Å². The maximum absolute atomic E-state index is 11.1. The Morgan fingerprint density at radius 1 is 1.16 bits per heavy atom. The SMILES string of the molecule is Cc1ccc(Oc2nc(C)ccc2C(=O)O)c(C)c1. The molecule has 1 N–H and O–H groups in total. The first-order chi connectivity index (χ1) is 8.97. The molecule has 98 valence electrons. The molecule has 0 amide bonds. The highest BCUT2D eigenvalue weighted by Gasteiger charge is 2.14. The Morgan fingerprint density at radius 3 is 2.53 bits per heavy atom. The zero-order valence-electron chi connectivity index (χ0n) is 11.1. The number of aromatic nitrogens is 1. The second kappa shape index (κ2) is 5.10. The van der Waals surface area contributed by atoms with Gasteiger partial charge in [-0.05, 0) is 44.5 Å². The number of pyridine rings is 1. The fourth-order valence-corrected chi connectivity index (χ4v) is 1.79. The van der Waals surface area contributed by atoms with E-state index in [1.807, 2.05) is 32.0 Å². The van der Waals surface area contributed by atoms with Crippen LogP contribution in [0.3, 0.4) is 0 Å². The first-order valence-corrected chi connectivity index (χ1v) is 5.93. The third kappa shape index (κ3) is 2.91. The Kier molecular flexibility index (Phi) is 3.51. The zero-order valence-corrected chi connectivity index (χ0v) is 11.1. The Bertz CT molecular complexity index is 635. The average molecular weight is 257 g/mol. The smallest absolute Gasteiger partial charge is 0.341 e. The number of carboxylic acid groups (broad SMARTS) is 1. The molecule has 4 heteroatoms. The van der Waals surface area contributed by atoms with Crippen molar-refractivity contribution in [3.63, 3.8) is 0 Å². The van der Waals surface area contributed by atoms with Gasteiger partial charge in [-0.2, -0.15) is 0 Å². The van der Waals surface area contributed by atoms with Crippen LogP contribution in [-0.4, -0.2) is 16.1 Å². The van der Waals surface area contributed by atoms with Crippen molar-refractivity contribution in [2.75, 3.05) is 0 Å². The van der Waals surface area contributed by atoms with Crippen LogP contribution in [0.15, 0.2) is 30.3 Å². The molecule has 19 heavy (non-hydrogen) atoms.